The van der Waals surface area contributed by atoms with E-state index in [1.807, 2.05) is 6.08 Å². The maximum absolute atomic E-state index is 10.2. The molecular weight excluding hydrogens is 251 g/mol. The van der Waals surface area contributed by atoms with Crippen LogP contribution in [0.25, 0.3) is 0 Å². The molecule has 0 rings (SSSR count). The number of carbonyl (C=O) groups is 1. The molecule has 1 nitrogen and oxygen atoms in total. The first kappa shape index (κ1) is 11.1. The Morgan fingerprint density at radius 1 is 1.45 bits per heavy atom. The van der Waals surface area contributed by atoms with Crippen LogP contribution in [0.5, 0.6) is 0 Å². The van der Waals surface area contributed by atoms with Crippen LogP contribution < -0.4 is 0 Å². The van der Waals surface area contributed by atoms with E-state index in [2.05, 4.69) is 29.2 Å². The topological polar surface area (TPSA) is 17.1 Å². The molecule has 0 saturated carbocycles. The summed E-state index contributed by atoms with van der Waals surface area (Å²) in [6.45, 7) is 3.67. The minimum absolute atomic E-state index is 0.541. The molecule has 0 aliphatic heterocycles. The van der Waals surface area contributed by atoms with E-state index < -0.39 is 0 Å². The van der Waals surface area contributed by atoms with Crippen LogP contribution in [0.15, 0.2) is 12.7 Å². The third-order valence-electron chi connectivity index (χ3n) is 1.68. The summed E-state index contributed by atoms with van der Waals surface area (Å²) in [5, 5.41) is 0. The van der Waals surface area contributed by atoms with Gasteiger partial charge in [0, 0.05) is 6.42 Å². The Balaban J connectivity index is 3.49. The first-order valence-electron chi connectivity index (χ1n) is 3.95. The third-order valence-corrected chi connectivity index (χ3v) is 2.44. The van der Waals surface area contributed by atoms with Crippen molar-refractivity contribution in [3.05, 3.63) is 12.7 Å². The van der Waals surface area contributed by atoms with Gasteiger partial charge in [-0.15, -0.1) is 6.58 Å². The highest BCUT2D eigenvalue weighted by Gasteiger charge is 2.04. The molecule has 0 N–H and O–H groups in total. The minimum Gasteiger partial charge on any atom is -0.303 e. The fraction of sp³-hybridized carbons (Fsp3) is 0.667. The molecule has 0 aromatic carbocycles. The second kappa shape index (κ2) is 8.24. The largest absolute Gasteiger partial charge is 0.303 e. The van der Waals surface area contributed by atoms with Crippen molar-refractivity contribution < 1.29 is 4.79 Å². The van der Waals surface area contributed by atoms with E-state index in [1.54, 1.807) is 0 Å². The summed E-state index contributed by atoms with van der Waals surface area (Å²) in [6, 6.07) is 0. The number of hydrogen-bond donors (Lipinski definition) is 0. The zero-order valence-electron chi connectivity index (χ0n) is 6.76. The molecule has 0 saturated heterocycles. The molecular formula is C9H15IO. The zero-order valence-corrected chi connectivity index (χ0v) is 8.92. The van der Waals surface area contributed by atoms with Crippen molar-refractivity contribution in [1.82, 2.24) is 0 Å². The first-order valence-corrected chi connectivity index (χ1v) is 5.48. The summed E-state index contributed by atoms with van der Waals surface area (Å²) in [5.74, 6) is 0.541. The van der Waals surface area contributed by atoms with Crippen molar-refractivity contribution >= 4 is 28.9 Å². The van der Waals surface area contributed by atoms with E-state index in [9.17, 15) is 4.79 Å². The van der Waals surface area contributed by atoms with Crippen molar-refractivity contribution in [2.75, 3.05) is 4.43 Å². The Morgan fingerprint density at radius 2 is 2.18 bits per heavy atom. The van der Waals surface area contributed by atoms with Crippen LogP contribution in [-0.2, 0) is 4.79 Å². The molecule has 0 aromatic heterocycles. The van der Waals surface area contributed by atoms with Crippen molar-refractivity contribution in [2.45, 2.75) is 25.7 Å². The highest BCUT2D eigenvalue weighted by Crippen LogP contribution is 2.15. The summed E-state index contributed by atoms with van der Waals surface area (Å²) in [4.78, 5) is 10.2. The van der Waals surface area contributed by atoms with Gasteiger partial charge in [0.05, 0.1) is 0 Å². The molecule has 2 heteroatoms. The zero-order chi connectivity index (χ0) is 8.53. The molecule has 0 aliphatic rings. The fourth-order valence-electron chi connectivity index (χ4n) is 1.07. The summed E-state index contributed by atoms with van der Waals surface area (Å²) in [5.41, 5.74) is 0. The lowest BCUT2D eigenvalue weighted by molar-refractivity contribution is -0.108. The van der Waals surface area contributed by atoms with Crippen LogP contribution in [-0.4, -0.2) is 10.7 Å². The van der Waals surface area contributed by atoms with Gasteiger partial charge in [0.15, 0.2) is 0 Å². The summed E-state index contributed by atoms with van der Waals surface area (Å²) >= 11 is 2.36. The summed E-state index contributed by atoms with van der Waals surface area (Å²) < 4.78 is 1.18. The molecule has 0 aromatic rings. The molecule has 64 valence electrons. The smallest absolute Gasteiger partial charge is 0.120 e. The number of aldehydes is 1. The van der Waals surface area contributed by atoms with Gasteiger partial charge < -0.3 is 4.79 Å². The number of allylic oxidation sites excluding steroid dienone is 1. The Hall–Kier alpha value is 0.140. The van der Waals surface area contributed by atoms with Gasteiger partial charge in [-0.25, -0.2) is 0 Å². The van der Waals surface area contributed by atoms with Gasteiger partial charge in [-0.05, 0) is 29.6 Å². The molecule has 0 radical (unpaired) electrons. The van der Waals surface area contributed by atoms with Crippen molar-refractivity contribution in [1.29, 1.82) is 0 Å². The van der Waals surface area contributed by atoms with Gasteiger partial charge >= 0.3 is 0 Å². The van der Waals surface area contributed by atoms with Gasteiger partial charge in [-0.2, -0.15) is 0 Å². The van der Waals surface area contributed by atoms with Gasteiger partial charge in [-0.3, -0.25) is 0 Å². The maximum Gasteiger partial charge on any atom is 0.120 e. The van der Waals surface area contributed by atoms with Crippen LogP contribution >= 0.6 is 22.6 Å². The van der Waals surface area contributed by atoms with Crippen LogP contribution in [0.4, 0.5) is 0 Å². The molecule has 0 aliphatic carbocycles. The van der Waals surface area contributed by atoms with Crippen molar-refractivity contribution in [3.8, 4) is 0 Å². The highest BCUT2D eigenvalue weighted by atomic mass is 127. The lowest BCUT2D eigenvalue weighted by atomic mass is 9.97. The third kappa shape index (κ3) is 6.53. The highest BCUT2D eigenvalue weighted by molar-refractivity contribution is 14.1. The Bertz CT molecular complexity index is 102. The van der Waals surface area contributed by atoms with Gasteiger partial charge in [-0.1, -0.05) is 28.7 Å². The fourth-order valence-corrected chi connectivity index (χ4v) is 1.51. The molecule has 0 heterocycles. The van der Waals surface area contributed by atoms with Gasteiger partial charge in [0.2, 0.25) is 0 Å². The number of alkyl halides is 1. The number of rotatable bonds is 7. The first-order chi connectivity index (χ1) is 5.35. The lowest BCUT2D eigenvalue weighted by Crippen LogP contribution is -2.00. The average Bonchev–Trinajstić information content (AvgIpc) is 2.01. The van der Waals surface area contributed by atoms with Crippen LogP contribution in [0.2, 0.25) is 0 Å². The Labute approximate surface area is 82.4 Å². The lowest BCUT2D eigenvalue weighted by Gasteiger charge is -2.09. The van der Waals surface area contributed by atoms with E-state index in [4.69, 9.17) is 0 Å². The van der Waals surface area contributed by atoms with Gasteiger partial charge in [0.25, 0.3) is 0 Å². The normalized spacial score (nSPS) is 12.5. The number of hydrogen-bond acceptors (Lipinski definition) is 1. The molecule has 1 unspecified atom stereocenters. The molecule has 0 amide bonds. The Kier molecular flexibility index (Phi) is 8.34. The second-order valence-corrected chi connectivity index (χ2v) is 3.70. The monoisotopic (exact) mass is 266 g/mol. The van der Waals surface area contributed by atoms with Gasteiger partial charge in [0.1, 0.15) is 6.29 Å². The number of halogens is 1. The van der Waals surface area contributed by atoms with E-state index >= 15 is 0 Å². The Morgan fingerprint density at radius 3 is 2.64 bits per heavy atom. The predicted octanol–water partition coefficient (Wildman–Crippen LogP) is 2.98. The molecule has 1 atom stereocenters. The molecule has 0 spiro atoms. The second-order valence-electron chi connectivity index (χ2n) is 2.62. The predicted molar refractivity (Wildman–Crippen MR) is 57.1 cm³/mol. The van der Waals surface area contributed by atoms with Crippen LogP contribution in [0, 0.1) is 5.92 Å². The van der Waals surface area contributed by atoms with E-state index in [0.717, 1.165) is 19.1 Å². The summed E-state index contributed by atoms with van der Waals surface area (Å²) in [6.07, 6.45) is 6.97. The SMILES string of the molecule is C=CCC(CC=O)CCCI. The molecule has 0 bridgehead atoms. The molecule has 11 heavy (non-hydrogen) atoms. The van der Waals surface area contributed by atoms with E-state index in [-0.39, 0.29) is 0 Å². The maximum atomic E-state index is 10.2. The van der Waals surface area contributed by atoms with Crippen LogP contribution in [0.3, 0.4) is 0 Å². The van der Waals surface area contributed by atoms with Crippen molar-refractivity contribution in [3.63, 3.8) is 0 Å². The van der Waals surface area contributed by atoms with E-state index in [0.29, 0.717) is 12.3 Å². The van der Waals surface area contributed by atoms with Crippen LogP contribution in [0.1, 0.15) is 25.7 Å². The standard InChI is InChI=1S/C9H15IO/c1-2-4-9(6-8-11)5-3-7-10/h2,8-9H,1,3-7H2. The summed E-state index contributed by atoms with van der Waals surface area (Å²) in [7, 11) is 0. The van der Waals surface area contributed by atoms with Crippen molar-refractivity contribution in [2.24, 2.45) is 5.92 Å². The molecule has 0 fully saturated rings. The minimum atomic E-state index is 0.541. The quantitative estimate of drug-likeness (QED) is 0.299. The number of carbonyl (C=O) groups excluding carboxylic acids is 1. The van der Waals surface area contributed by atoms with E-state index in [1.165, 1.54) is 10.8 Å². The average molecular weight is 266 g/mol.